The number of methoxy groups -OCH3 is 1. The fourth-order valence-corrected chi connectivity index (χ4v) is 5.56. The lowest BCUT2D eigenvalue weighted by atomic mass is 9.91. The zero-order valence-electron chi connectivity index (χ0n) is 26.2. The summed E-state index contributed by atoms with van der Waals surface area (Å²) in [6, 6.07) is 5.33. The molecule has 1 N–H and O–H groups in total. The Hall–Kier alpha value is -3.80. The molecule has 1 aromatic carbocycles. The van der Waals surface area contributed by atoms with Crippen molar-refractivity contribution in [3.05, 3.63) is 45.6 Å². The van der Waals surface area contributed by atoms with Gasteiger partial charge in [-0.25, -0.2) is 9.59 Å². The molecule has 1 aliphatic heterocycles. The van der Waals surface area contributed by atoms with E-state index in [4.69, 9.17) is 14.2 Å². The van der Waals surface area contributed by atoms with Gasteiger partial charge in [0.05, 0.1) is 19.8 Å². The summed E-state index contributed by atoms with van der Waals surface area (Å²) in [4.78, 5) is 57.9. The van der Waals surface area contributed by atoms with Crippen LogP contribution in [0.3, 0.4) is 0 Å². The number of thiophene rings is 1. The molecule has 1 aromatic heterocycles. The van der Waals surface area contributed by atoms with Crippen LogP contribution in [0.25, 0.3) is 0 Å². The Kier molecular flexibility index (Phi) is 11.1. The molecule has 2 heterocycles. The van der Waals surface area contributed by atoms with Crippen molar-refractivity contribution in [1.29, 1.82) is 0 Å². The molecule has 2 aromatic rings. The number of aliphatic carboxylic acids is 1. The van der Waals surface area contributed by atoms with Crippen LogP contribution in [-0.2, 0) is 32.1 Å². The van der Waals surface area contributed by atoms with Crippen LogP contribution in [0.15, 0.2) is 29.6 Å². The maximum Gasteiger partial charge on any atom is 0.410 e. The summed E-state index contributed by atoms with van der Waals surface area (Å²) in [6.45, 7) is 13.0. The van der Waals surface area contributed by atoms with Crippen molar-refractivity contribution >= 4 is 35.2 Å². The van der Waals surface area contributed by atoms with Gasteiger partial charge in [-0.1, -0.05) is 6.07 Å². The zero-order chi connectivity index (χ0) is 32.1. The van der Waals surface area contributed by atoms with Gasteiger partial charge in [0.25, 0.3) is 0 Å². The molecule has 0 bridgehead atoms. The molecule has 3 rings (SSSR count). The molecule has 0 aliphatic carbocycles. The van der Waals surface area contributed by atoms with Gasteiger partial charge >= 0.3 is 23.9 Å². The highest BCUT2D eigenvalue weighted by Crippen LogP contribution is 2.39. The van der Waals surface area contributed by atoms with Gasteiger partial charge < -0.3 is 34.0 Å². The molecule has 0 spiro atoms. The van der Waals surface area contributed by atoms with Gasteiger partial charge in [-0.15, -0.1) is 11.3 Å². The average Bonchev–Trinajstić information content (AvgIpc) is 3.42. The van der Waals surface area contributed by atoms with E-state index in [1.807, 2.05) is 31.4 Å². The van der Waals surface area contributed by atoms with E-state index in [1.165, 1.54) is 28.2 Å². The summed E-state index contributed by atoms with van der Waals surface area (Å²) in [5.74, 6) is -2.19. The third-order valence-corrected chi connectivity index (χ3v) is 7.63. The third-order valence-electron chi connectivity index (χ3n) is 6.77. The molecular weight excluding hydrogens is 574 g/mol. The molecule has 0 saturated heterocycles. The van der Waals surface area contributed by atoms with E-state index in [0.29, 0.717) is 29.0 Å². The molecule has 0 saturated carbocycles. The Morgan fingerprint density at radius 2 is 1.79 bits per heavy atom. The molecule has 1 unspecified atom stereocenters. The van der Waals surface area contributed by atoms with Crippen LogP contribution >= 0.6 is 11.3 Å². The van der Waals surface area contributed by atoms with Crippen molar-refractivity contribution in [2.75, 3.05) is 26.7 Å². The number of carbonyl (C=O) groups is 4. The monoisotopic (exact) mass is 617 g/mol. The van der Waals surface area contributed by atoms with Gasteiger partial charge in [0, 0.05) is 30.6 Å². The van der Waals surface area contributed by atoms with E-state index in [9.17, 15) is 24.3 Å². The van der Waals surface area contributed by atoms with Crippen LogP contribution in [0, 0.1) is 0 Å². The van der Waals surface area contributed by atoms with Gasteiger partial charge in [0.1, 0.15) is 5.60 Å². The highest BCUT2D eigenvalue weighted by atomic mass is 32.1. The summed E-state index contributed by atoms with van der Waals surface area (Å²) in [5.41, 5.74) is 0.369. The van der Waals surface area contributed by atoms with Gasteiger partial charge in [-0.3, -0.25) is 9.59 Å². The second-order valence-corrected chi connectivity index (χ2v) is 13.0. The predicted molar refractivity (Wildman–Crippen MR) is 162 cm³/mol. The standard InChI is InChI=1S/C31H43N3O8S/c1-19(2)33(14-13-32(18-22-10-9-15-43-22)30(39)42-31(5,6)7)27(35)28(36)34-12-11-21-16-24(40-8)25(41-20(3)4)17-23(21)26(34)29(37)38/h9-10,15-17,19-20,26H,11-14,18H2,1-8H3,(H,37,38). The van der Waals surface area contributed by atoms with Crippen LogP contribution in [0.2, 0.25) is 0 Å². The summed E-state index contributed by atoms with van der Waals surface area (Å²) in [5, 5.41) is 12.1. The van der Waals surface area contributed by atoms with Gasteiger partial charge in [0.15, 0.2) is 17.5 Å². The topological polar surface area (TPSA) is 126 Å². The molecule has 3 amide bonds. The largest absolute Gasteiger partial charge is 0.493 e. The van der Waals surface area contributed by atoms with Gasteiger partial charge in [0.2, 0.25) is 0 Å². The Morgan fingerprint density at radius 1 is 1.09 bits per heavy atom. The van der Waals surface area contributed by atoms with Crippen molar-refractivity contribution in [2.45, 2.75) is 85.2 Å². The number of carboxylic acids is 1. The summed E-state index contributed by atoms with van der Waals surface area (Å²) in [7, 11) is 1.51. The second-order valence-electron chi connectivity index (χ2n) is 11.9. The average molecular weight is 618 g/mol. The van der Waals surface area contributed by atoms with Crippen LogP contribution in [0.4, 0.5) is 4.79 Å². The second kappa shape index (κ2) is 14.1. The third kappa shape index (κ3) is 8.62. The molecular formula is C31H43N3O8S. The van der Waals surface area contributed by atoms with Crippen molar-refractivity contribution in [2.24, 2.45) is 0 Å². The first kappa shape index (κ1) is 33.7. The van der Waals surface area contributed by atoms with E-state index in [-0.39, 0.29) is 32.3 Å². The number of hydrogen-bond acceptors (Lipinski definition) is 8. The Balaban J connectivity index is 1.85. The van der Waals surface area contributed by atoms with Crippen LogP contribution < -0.4 is 9.47 Å². The number of nitrogens with zero attached hydrogens (tertiary/aromatic N) is 3. The number of hydrogen-bond donors (Lipinski definition) is 1. The number of rotatable bonds is 10. The van der Waals surface area contributed by atoms with E-state index in [1.54, 1.807) is 46.8 Å². The Labute approximate surface area is 257 Å². The molecule has 0 radical (unpaired) electrons. The first-order chi connectivity index (χ1) is 20.1. The lowest BCUT2D eigenvalue weighted by molar-refractivity contribution is -0.159. The minimum atomic E-state index is -1.38. The smallest absolute Gasteiger partial charge is 0.410 e. The first-order valence-corrected chi connectivity index (χ1v) is 15.2. The lowest BCUT2D eigenvalue weighted by Crippen LogP contribution is -2.53. The number of amides is 3. The molecule has 0 fully saturated rings. The van der Waals surface area contributed by atoms with E-state index in [0.717, 1.165) is 9.78 Å². The number of carbonyl (C=O) groups excluding carboxylic acids is 3. The van der Waals surface area contributed by atoms with E-state index in [2.05, 4.69) is 0 Å². The quantitative estimate of drug-likeness (QED) is 0.380. The molecule has 11 nitrogen and oxygen atoms in total. The maximum atomic E-state index is 13.7. The van der Waals surface area contributed by atoms with E-state index < -0.39 is 41.6 Å². The summed E-state index contributed by atoms with van der Waals surface area (Å²) in [6.07, 6.45) is -0.389. The first-order valence-electron chi connectivity index (χ1n) is 14.3. The fourth-order valence-electron chi connectivity index (χ4n) is 4.84. The molecule has 12 heteroatoms. The molecule has 43 heavy (non-hydrogen) atoms. The summed E-state index contributed by atoms with van der Waals surface area (Å²) >= 11 is 1.50. The fraction of sp³-hybridized carbons (Fsp3) is 0.548. The van der Waals surface area contributed by atoms with Crippen molar-refractivity contribution in [1.82, 2.24) is 14.7 Å². The van der Waals surface area contributed by atoms with Crippen molar-refractivity contribution in [3.63, 3.8) is 0 Å². The van der Waals surface area contributed by atoms with Crippen molar-refractivity contribution < 1.29 is 38.5 Å². The molecule has 1 atom stereocenters. The van der Waals surface area contributed by atoms with E-state index >= 15 is 0 Å². The number of carboxylic acid groups (broad SMARTS) is 1. The number of benzene rings is 1. The van der Waals surface area contributed by atoms with Crippen LogP contribution in [0.1, 0.15) is 70.5 Å². The molecule has 236 valence electrons. The van der Waals surface area contributed by atoms with Crippen LogP contribution in [0.5, 0.6) is 11.5 Å². The SMILES string of the molecule is COc1cc2c(cc1OC(C)C)C(C(=O)O)N(C(=O)C(=O)N(CCN(Cc1cccs1)C(=O)OC(C)(C)C)C(C)C)CC2. The van der Waals surface area contributed by atoms with Crippen LogP contribution in [-0.4, -0.2) is 88.2 Å². The Morgan fingerprint density at radius 3 is 2.33 bits per heavy atom. The molecule has 1 aliphatic rings. The number of ether oxygens (including phenoxy) is 3. The van der Waals surface area contributed by atoms with Gasteiger partial charge in [-0.05, 0) is 89.6 Å². The number of fused-ring (bicyclic) bond motifs is 1. The minimum Gasteiger partial charge on any atom is -0.493 e. The van der Waals surface area contributed by atoms with Gasteiger partial charge in [-0.2, -0.15) is 0 Å². The highest BCUT2D eigenvalue weighted by Gasteiger charge is 2.41. The predicted octanol–water partition coefficient (Wildman–Crippen LogP) is 4.73. The summed E-state index contributed by atoms with van der Waals surface area (Å²) < 4.78 is 16.9. The minimum absolute atomic E-state index is 0.0381. The van der Waals surface area contributed by atoms with Crippen molar-refractivity contribution in [3.8, 4) is 11.5 Å². The highest BCUT2D eigenvalue weighted by molar-refractivity contribution is 7.09. The zero-order valence-corrected chi connectivity index (χ0v) is 27.0. The lowest BCUT2D eigenvalue weighted by Gasteiger charge is -2.37. The maximum absolute atomic E-state index is 13.7. The normalized spacial score (nSPS) is 14.7. The Bertz CT molecular complexity index is 1300.